The SMILES string of the molecule is Cc1cc(NC(=O)c2cccc(CN3CCCCC3)c2)nn1Cc1cc(Cl)ccc1OCC(C)C.Cl. The van der Waals surface area contributed by atoms with E-state index in [9.17, 15) is 4.79 Å². The van der Waals surface area contributed by atoms with Gasteiger partial charge in [-0.3, -0.25) is 14.4 Å². The zero-order valence-corrected chi connectivity index (χ0v) is 22.9. The number of carbonyl (C=O) groups is 1. The van der Waals surface area contributed by atoms with Gasteiger partial charge in [0.05, 0.1) is 13.2 Å². The van der Waals surface area contributed by atoms with Gasteiger partial charge in [-0.15, -0.1) is 12.4 Å². The van der Waals surface area contributed by atoms with Gasteiger partial charge in [0.1, 0.15) is 5.75 Å². The van der Waals surface area contributed by atoms with Crippen LogP contribution in [0.5, 0.6) is 5.75 Å². The van der Waals surface area contributed by atoms with Crippen molar-refractivity contribution in [2.45, 2.75) is 53.1 Å². The third-order valence-electron chi connectivity index (χ3n) is 6.18. The molecule has 1 aliphatic heterocycles. The highest BCUT2D eigenvalue weighted by atomic mass is 35.5. The Morgan fingerprint density at radius 3 is 2.61 bits per heavy atom. The van der Waals surface area contributed by atoms with Gasteiger partial charge in [-0.05, 0) is 74.7 Å². The number of nitrogens with zero attached hydrogens (tertiary/aromatic N) is 3. The molecule has 0 atom stereocenters. The third-order valence-corrected chi connectivity index (χ3v) is 6.42. The van der Waals surface area contributed by atoms with E-state index in [1.807, 2.05) is 54.1 Å². The maximum absolute atomic E-state index is 13.0. The summed E-state index contributed by atoms with van der Waals surface area (Å²) in [4.78, 5) is 15.4. The van der Waals surface area contributed by atoms with Gasteiger partial charge < -0.3 is 10.1 Å². The average molecular weight is 532 g/mol. The molecule has 0 radical (unpaired) electrons. The van der Waals surface area contributed by atoms with Crippen LogP contribution in [0.25, 0.3) is 0 Å². The monoisotopic (exact) mass is 530 g/mol. The molecule has 0 aliphatic carbocycles. The first-order valence-corrected chi connectivity index (χ1v) is 12.8. The summed E-state index contributed by atoms with van der Waals surface area (Å²) in [5.41, 5.74) is 3.70. The Hall–Kier alpha value is -2.54. The van der Waals surface area contributed by atoms with Gasteiger partial charge in [0.25, 0.3) is 5.91 Å². The zero-order valence-electron chi connectivity index (χ0n) is 21.3. The number of hydrogen-bond acceptors (Lipinski definition) is 4. The smallest absolute Gasteiger partial charge is 0.256 e. The molecule has 0 saturated carbocycles. The molecule has 36 heavy (non-hydrogen) atoms. The minimum Gasteiger partial charge on any atom is -0.493 e. The fourth-order valence-electron chi connectivity index (χ4n) is 4.34. The Balaban J connectivity index is 0.00000361. The van der Waals surface area contributed by atoms with Crippen molar-refractivity contribution < 1.29 is 9.53 Å². The molecule has 1 saturated heterocycles. The van der Waals surface area contributed by atoms with Crippen molar-refractivity contribution >= 4 is 35.7 Å². The second kappa shape index (κ2) is 13.1. The van der Waals surface area contributed by atoms with Crippen molar-refractivity contribution in [2.24, 2.45) is 5.92 Å². The van der Waals surface area contributed by atoms with Gasteiger partial charge in [-0.25, -0.2) is 0 Å². The van der Waals surface area contributed by atoms with E-state index >= 15 is 0 Å². The van der Waals surface area contributed by atoms with Crippen LogP contribution in [-0.2, 0) is 13.1 Å². The van der Waals surface area contributed by atoms with Crippen LogP contribution >= 0.6 is 24.0 Å². The summed E-state index contributed by atoms with van der Waals surface area (Å²) in [7, 11) is 0. The number of nitrogens with one attached hydrogen (secondary N) is 1. The molecule has 2 aromatic carbocycles. The van der Waals surface area contributed by atoms with Crippen molar-refractivity contribution in [2.75, 3.05) is 25.0 Å². The molecular weight excluding hydrogens is 495 g/mol. The first-order valence-electron chi connectivity index (χ1n) is 12.5. The first kappa shape index (κ1) is 28.0. The minimum absolute atomic E-state index is 0. The number of aromatic nitrogens is 2. The molecule has 1 amide bonds. The molecular formula is C28H36Cl2N4O2. The van der Waals surface area contributed by atoms with Crippen LogP contribution in [0.4, 0.5) is 5.82 Å². The van der Waals surface area contributed by atoms with Crippen molar-refractivity contribution in [3.05, 3.63) is 75.9 Å². The van der Waals surface area contributed by atoms with Gasteiger partial charge in [0.15, 0.2) is 5.82 Å². The summed E-state index contributed by atoms with van der Waals surface area (Å²) in [6, 6.07) is 15.4. The number of carbonyl (C=O) groups excluding carboxylic acids is 1. The number of halogens is 2. The van der Waals surface area contributed by atoms with E-state index in [1.54, 1.807) is 0 Å². The number of aryl methyl sites for hydroxylation is 1. The number of ether oxygens (including phenoxy) is 1. The molecule has 8 heteroatoms. The van der Waals surface area contributed by atoms with Gasteiger partial charge in [0, 0.05) is 34.5 Å². The Kier molecular flexibility index (Phi) is 10.2. The second-order valence-corrected chi connectivity index (χ2v) is 10.2. The molecule has 4 rings (SSSR count). The van der Waals surface area contributed by atoms with Crippen LogP contribution in [0.3, 0.4) is 0 Å². The largest absolute Gasteiger partial charge is 0.493 e. The molecule has 0 unspecified atom stereocenters. The third kappa shape index (κ3) is 7.73. The summed E-state index contributed by atoms with van der Waals surface area (Å²) in [6.45, 7) is 10.5. The number of hydrogen-bond donors (Lipinski definition) is 1. The molecule has 2 heterocycles. The van der Waals surface area contributed by atoms with E-state index < -0.39 is 0 Å². The number of amides is 1. The predicted octanol–water partition coefficient (Wildman–Crippen LogP) is 6.59. The van der Waals surface area contributed by atoms with Crippen LogP contribution in [-0.4, -0.2) is 40.3 Å². The molecule has 1 aliphatic rings. The Morgan fingerprint density at radius 2 is 1.86 bits per heavy atom. The first-order chi connectivity index (χ1) is 16.9. The average Bonchev–Trinajstić information content (AvgIpc) is 3.17. The summed E-state index contributed by atoms with van der Waals surface area (Å²) in [6.07, 6.45) is 3.82. The van der Waals surface area contributed by atoms with Crippen molar-refractivity contribution in [3.63, 3.8) is 0 Å². The molecule has 194 valence electrons. The van der Waals surface area contributed by atoms with Gasteiger partial charge in [-0.1, -0.05) is 44.0 Å². The van der Waals surface area contributed by atoms with Crippen LogP contribution in [0.2, 0.25) is 5.02 Å². The minimum atomic E-state index is -0.154. The fourth-order valence-corrected chi connectivity index (χ4v) is 4.53. The number of benzene rings is 2. The van der Waals surface area contributed by atoms with Crippen molar-refractivity contribution in [1.82, 2.24) is 14.7 Å². The van der Waals surface area contributed by atoms with Crippen molar-refractivity contribution in [1.29, 1.82) is 0 Å². The Bertz CT molecular complexity index is 1160. The second-order valence-electron chi connectivity index (χ2n) is 9.78. The molecule has 6 nitrogen and oxygen atoms in total. The number of likely N-dealkylation sites (tertiary alicyclic amines) is 1. The van der Waals surface area contributed by atoms with E-state index in [4.69, 9.17) is 16.3 Å². The molecule has 3 aromatic rings. The van der Waals surface area contributed by atoms with Crippen LogP contribution in [0.1, 0.15) is 60.3 Å². The van der Waals surface area contributed by atoms with Crippen LogP contribution in [0.15, 0.2) is 48.5 Å². The lowest BCUT2D eigenvalue weighted by atomic mass is 10.1. The van der Waals surface area contributed by atoms with E-state index in [0.717, 1.165) is 42.2 Å². The molecule has 1 N–H and O–H groups in total. The lowest BCUT2D eigenvalue weighted by Crippen LogP contribution is -2.29. The topological polar surface area (TPSA) is 59.4 Å². The zero-order chi connectivity index (χ0) is 24.8. The maximum atomic E-state index is 13.0. The summed E-state index contributed by atoms with van der Waals surface area (Å²) >= 11 is 6.26. The van der Waals surface area contributed by atoms with Gasteiger partial charge in [0.2, 0.25) is 0 Å². The summed E-state index contributed by atoms with van der Waals surface area (Å²) in [5.74, 6) is 1.60. The standard InChI is InChI=1S/C28H35ClN4O2.ClH/c1-20(2)19-35-26-11-10-25(29)16-24(26)18-33-21(3)14-27(31-33)30-28(34)23-9-7-8-22(15-23)17-32-12-5-4-6-13-32;/h7-11,14-16,20H,4-6,12-13,17-19H2,1-3H3,(H,30,31,34);1H. The summed E-state index contributed by atoms with van der Waals surface area (Å²) < 4.78 is 7.84. The molecule has 1 aromatic heterocycles. The van der Waals surface area contributed by atoms with E-state index in [0.29, 0.717) is 35.5 Å². The van der Waals surface area contributed by atoms with Crippen LogP contribution in [0, 0.1) is 12.8 Å². The molecule has 1 fully saturated rings. The number of piperidine rings is 1. The van der Waals surface area contributed by atoms with Gasteiger partial charge in [-0.2, -0.15) is 5.10 Å². The highest BCUT2D eigenvalue weighted by Crippen LogP contribution is 2.25. The van der Waals surface area contributed by atoms with Gasteiger partial charge >= 0.3 is 0 Å². The maximum Gasteiger partial charge on any atom is 0.256 e. The molecule has 0 bridgehead atoms. The Labute approximate surface area is 225 Å². The van der Waals surface area contributed by atoms with E-state index in [-0.39, 0.29) is 18.3 Å². The summed E-state index contributed by atoms with van der Waals surface area (Å²) in [5, 5.41) is 8.24. The highest BCUT2D eigenvalue weighted by molar-refractivity contribution is 6.30. The molecule has 0 spiro atoms. The quantitative estimate of drug-likeness (QED) is 0.339. The van der Waals surface area contributed by atoms with Crippen LogP contribution < -0.4 is 10.1 Å². The lowest BCUT2D eigenvalue weighted by Gasteiger charge is -2.26. The fraction of sp³-hybridized carbons (Fsp3) is 0.429. The Morgan fingerprint density at radius 1 is 1.08 bits per heavy atom. The lowest BCUT2D eigenvalue weighted by molar-refractivity contribution is 0.102. The highest BCUT2D eigenvalue weighted by Gasteiger charge is 2.15. The van der Waals surface area contributed by atoms with E-state index in [1.165, 1.54) is 19.3 Å². The predicted molar refractivity (Wildman–Crippen MR) is 149 cm³/mol. The van der Waals surface area contributed by atoms with E-state index in [2.05, 4.69) is 35.2 Å². The van der Waals surface area contributed by atoms with Crippen molar-refractivity contribution in [3.8, 4) is 5.75 Å². The number of rotatable bonds is 9. The number of anilines is 1. The normalized spacial score (nSPS) is 13.9.